The Kier molecular flexibility index (Phi) is 5.01. The normalized spacial score (nSPS) is 10.8. The van der Waals surface area contributed by atoms with Crippen molar-refractivity contribution in [1.29, 1.82) is 0 Å². The first-order valence-corrected chi connectivity index (χ1v) is 8.26. The molecule has 0 unspecified atom stereocenters. The van der Waals surface area contributed by atoms with Crippen LogP contribution >= 0.6 is 11.3 Å². The molecule has 0 saturated heterocycles. The minimum atomic E-state index is 0.669. The number of hydrogen-bond donors (Lipinski definition) is 1. The number of rotatable bonds is 6. The van der Waals surface area contributed by atoms with Crippen molar-refractivity contribution in [3.63, 3.8) is 0 Å². The third kappa shape index (κ3) is 4.17. The molecule has 4 nitrogen and oxygen atoms in total. The van der Waals surface area contributed by atoms with E-state index < -0.39 is 0 Å². The number of thiazole rings is 1. The first kappa shape index (κ1) is 15.2. The topological polar surface area (TPSA) is 46.5 Å². The van der Waals surface area contributed by atoms with Crippen LogP contribution in [0.3, 0.4) is 0 Å². The van der Waals surface area contributed by atoms with E-state index in [4.69, 9.17) is 4.74 Å². The molecule has 3 aromatic rings. The van der Waals surface area contributed by atoms with Gasteiger partial charge in [0.1, 0.15) is 5.75 Å². The Labute approximate surface area is 139 Å². The van der Waals surface area contributed by atoms with Gasteiger partial charge < -0.3 is 4.74 Å². The van der Waals surface area contributed by atoms with Gasteiger partial charge in [-0.1, -0.05) is 30.3 Å². The molecule has 0 fully saturated rings. The average molecular weight is 323 g/mol. The molecule has 23 heavy (non-hydrogen) atoms. The number of nitrogens with zero attached hydrogens (tertiary/aromatic N) is 2. The van der Waals surface area contributed by atoms with Crippen LogP contribution < -0.4 is 10.2 Å². The summed E-state index contributed by atoms with van der Waals surface area (Å²) in [6, 6.07) is 17.9. The number of nitrogens with one attached hydrogen (secondary N) is 1. The summed E-state index contributed by atoms with van der Waals surface area (Å²) in [5.41, 5.74) is 6.03. The van der Waals surface area contributed by atoms with E-state index >= 15 is 0 Å². The summed E-state index contributed by atoms with van der Waals surface area (Å²) in [5, 5.41) is 7.01. The van der Waals surface area contributed by atoms with E-state index in [0.717, 1.165) is 27.7 Å². The summed E-state index contributed by atoms with van der Waals surface area (Å²) >= 11 is 1.53. The maximum Gasteiger partial charge on any atom is 0.203 e. The van der Waals surface area contributed by atoms with Crippen LogP contribution in [0.25, 0.3) is 11.3 Å². The predicted molar refractivity (Wildman–Crippen MR) is 96.4 cm³/mol. The number of hydrogen-bond acceptors (Lipinski definition) is 5. The Morgan fingerprint density at radius 1 is 1.13 bits per heavy atom. The fourth-order valence-electron chi connectivity index (χ4n) is 2.05. The number of ether oxygens (including phenoxy) is 1. The van der Waals surface area contributed by atoms with Gasteiger partial charge in [0.15, 0.2) is 0 Å². The Hall–Kier alpha value is -2.66. The van der Waals surface area contributed by atoms with Gasteiger partial charge in [-0.3, -0.25) is 5.43 Å². The van der Waals surface area contributed by atoms with E-state index in [1.807, 2.05) is 66.9 Å². The van der Waals surface area contributed by atoms with Crippen LogP contribution in [0.15, 0.2) is 65.1 Å². The smallest absolute Gasteiger partial charge is 0.203 e. The first-order chi connectivity index (χ1) is 11.3. The predicted octanol–water partition coefficient (Wildman–Crippen LogP) is 4.65. The maximum absolute atomic E-state index is 5.41. The molecule has 0 saturated carbocycles. The monoisotopic (exact) mass is 323 g/mol. The molecule has 5 heteroatoms. The summed E-state index contributed by atoms with van der Waals surface area (Å²) in [7, 11) is 0. The summed E-state index contributed by atoms with van der Waals surface area (Å²) in [5.74, 6) is 0.866. The molecule has 1 aromatic heterocycles. The standard InChI is InChI=1S/C18H17N3OS/c1-2-22-16-10-8-14(9-11-16)12-19-21-18-20-17(13-23-18)15-6-4-3-5-7-15/h3-13H,2H2,1H3,(H,20,21)/b19-12+. The van der Waals surface area contributed by atoms with E-state index in [1.165, 1.54) is 11.3 Å². The number of anilines is 1. The molecule has 116 valence electrons. The molecule has 1 N–H and O–H groups in total. The van der Waals surface area contributed by atoms with Crippen LogP contribution in [-0.4, -0.2) is 17.8 Å². The summed E-state index contributed by atoms with van der Waals surface area (Å²) in [6.45, 7) is 2.64. The molecule has 2 aromatic carbocycles. The molecule has 3 rings (SSSR count). The first-order valence-electron chi connectivity index (χ1n) is 7.38. The van der Waals surface area contributed by atoms with Gasteiger partial charge >= 0.3 is 0 Å². The Bertz CT molecular complexity index is 766. The van der Waals surface area contributed by atoms with E-state index in [1.54, 1.807) is 6.21 Å². The van der Waals surface area contributed by atoms with Crippen molar-refractivity contribution >= 4 is 22.7 Å². The third-order valence-electron chi connectivity index (χ3n) is 3.14. The van der Waals surface area contributed by atoms with Crippen LogP contribution in [0.2, 0.25) is 0 Å². The highest BCUT2D eigenvalue weighted by atomic mass is 32.1. The van der Waals surface area contributed by atoms with Gasteiger partial charge in [-0.2, -0.15) is 5.10 Å². The van der Waals surface area contributed by atoms with Gasteiger partial charge in [0.05, 0.1) is 18.5 Å². The average Bonchev–Trinajstić information content (AvgIpc) is 3.06. The maximum atomic E-state index is 5.41. The number of benzene rings is 2. The molecule has 0 aliphatic rings. The van der Waals surface area contributed by atoms with Gasteiger partial charge in [0, 0.05) is 10.9 Å². The SMILES string of the molecule is CCOc1ccc(/C=N/Nc2nc(-c3ccccc3)cs2)cc1. The summed E-state index contributed by atoms with van der Waals surface area (Å²) in [6.07, 6.45) is 1.76. The number of aromatic nitrogens is 1. The quantitative estimate of drug-likeness (QED) is 0.530. The van der Waals surface area contributed by atoms with Gasteiger partial charge in [-0.15, -0.1) is 11.3 Å². The highest BCUT2D eigenvalue weighted by Gasteiger charge is 2.02. The minimum Gasteiger partial charge on any atom is -0.494 e. The van der Waals surface area contributed by atoms with Crippen LogP contribution in [-0.2, 0) is 0 Å². The molecule has 0 aliphatic heterocycles. The van der Waals surface area contributed by atoms with E-state index in [-0.39, 0.29) is 0 Å². The molecule has 0 spiro atoms. The summed E-state index contributed by atoms with van der Waals surface area (Å²) < 4.78 is 5.41. The third-order valence-corrected chi connectivity index (χ3v) is 3.89. The minimum absolute atomic E-state index is 0.669. The second kappa shape index (κ2) is 7.56. The molecule has 0 aliphatic carbocycles. The van der Waals surface area contributed by atoms with Crippen LogP contribution in [0.5, 0.6) is 5.75 Å². The fraction of sp³-hybridized carbons (Fsp3) is 0.111. The highest BCUT2D eigenvalue weighted by Crippen LogP contribution is 2.24. The van der Waals surface area contributed by atoms with Crippen LogP contribution in [0.1, 0.15) is 12.5 Å². The molecule has 1 heterocycles. The van der Waals surface area contributed by atoms with Crippen molar-refractivity contribution in [3.8, 4) is 17.0 Å². The molecular weight excluding hydrogens is 306 g/mol. The van der Waals surface area contributed by atoms with Gasteiger partial charge in [0.25, 0.3) is 0 Å². The van der Waals surface area contributed by atoms with Crippen molar-refractivity contribution in [2.45, 2.75) is 6.92 Å². The molecule has 0 radical (unpaired) electrons. The lowest BCUT2D eigenvalue weighted by molar-refractivity contribution is 0.340. The Morgan fingerprint density at radius 3 is 2.65 bits per heavy atom. The molecular formula is C18H17N3OS. The van der Waals surface area contributed by atoms with E-state index in [2.05, 4.69) is 15.5 Å². The zero-order valence-electron chi connectivity index (χ0n) is 12.8. The van der Waals surface area contributed by atoms with Crippen molar-refractivity contribution < 1.29 is 4.74 Å². The zero-order valence-corrected chi connectivity index (χ0v) is 13.6. The fourth-order valence-corrected chi connectivity index (χ4v) is 2.71. The van der Waals surface area contributed by atoms with Crippen molar-refractivity contribution in [3.05, 3.63) is 65.5 Å². The van der Waals surface area contributed by atoms with Crippen molar-refractivity contribution in [2.75, 3.05) is 12.0 Å². The second-order valence-electron chi connectivity index (χ2n) is 4.78. The molecule has 0 amide bonds. The highest BCUT2D eigenvalue weighted by molar-refractivity contribution is 7.14. The van der Waals surface area contributed by atoms with Crippen molar-refractivity contribution in [1.82, 2.24) is 4.98 Å². The zero-order chi connectivity index (χ0) is 15.9. The molecule has 0 atom stereocenters. The lowest BCUT2D eigenvalue weighted by atomic mass is 10.2. The lowest BCUT2D eigenvalue weighted by Gasteiger charge is -2.02. The van der Waals surface area contributed by atoms with Gasteiger partial charge in [-0.25, -0.2) is 4.98 Å². The van der Waals surface area contributed by atoms with Crippen LogP contribution in [0.4, 0.5) is 5.13 Å². The lowest BCUT2D eigenvalue weighted by Crippen LogP contribution is -1.92. The van der Waals surface area contributed by atoms with Crippen LogP contribution in [0, 0.1) is 0 Å². The van der Waals surface area contributed by atoms with Gasteiger partial charge in [-0.05, 0) is 36.8 Å². The second-order valence-corrected chi connectivity index (χ2v) is 5.63. The Morgan fingerprint density at radius 2 is 1.91 bits per heavy atom. The van der Waals surface area contributed by atoms with Crippen molar-refractivity contribution in [2.24, 2.45) is 5.10 Å². The number of hydrazone groups is 1. The van der Waals surface area contributed by atoms with E-state index in [9.17, 15) is 0 Å². The molecule has 0 bridgehead atoms. The summed E-state index contributed by atoms with van der Waals surface area (Å²) in [4.78, 5) is 4.52. The largest absolute Gasteiger partial charge is 0.494 e. The van der Waals surface area contributed by atoms with Gasteiger partial charge in [0.2, 0.25) is 5.13 Å². The van der Waals surface area contributed by atoms with E-state index in [0.29, 0.717) is 6.61 Å². The Balaban J connectivity index is 1.61.